The lowest BCUT2D eigenvalue weighted by Gasteiger charge is -2.39. The number of nitrogens with one attached hydrogen (secondary N) is 2. The lowest BCUT2D eigenvalue weighted by molar-refractivity contribution is 0.234. The molecule has 0 radical (unpaired) electrons. The van der Waals surface area contributed by atoms with Crippen LogP contribution in [0.3, 0.4) is 0 Å². The number of nitrogens with zero attached hydrogens (tertiary/aromatic N) is 4. The number of piperazine rings is 1. The van der Waals surface area contributed by atoms with Crippen LogP contribution >= 0.6 is 0 Å². The quantitative estimate of drug-likeness (QED) is 0.572. The summed E-state index contributed by atoms with van der Waals surface area (Å²) in [5, 5.41) is 8.06. The van der Waals surface area contributed by atoms with Crippen molar-refractivity contribution in [2.75, 3.05) is 31.6 Å². The van der Waals surface area contributed by atoms with Crippen molar-refractivity contribution in [3.8, 4) is 11.5 Å². The summed E-state index contributed by atoms with van der Waals surface area (Å²) >= 11 is 0. The Hall–Kier alpha value is -2.93. The Morgan fingerprint density at radius 3 is 2.85 bits per heavy atom. The van der Waals surface area contributed by atoms with Crippen molar-refractivity contribution >= 4 is 27.6 Å². The van der Waals surface area contributed by atoms with E-state index < -0.39 is 0 Å². The molecule has 1 fully saturated rings. The Morgan fingerprint density at radius 2 is 2.00 bits per heavy atom. The number of halogens is 1. The van der Waals surface area contributed by atoms with Gasteiger partial charge in [-0.25, -0.2) is 9.37 Å². The third-order valence-corrected chi connectivity index (χ3v) is 5.54. The van der Waals surface area contributed by atoms with Crippen LogP contribution in [0.15, 0.2) is 36.4 Å². The predicted molar refractivity (Wildman–Crippen MR) is 105 cm³/mol. The first kappa shape index (κ1) is 16.3. The van der Waals surface area contributed by atoms with E-state index in [1.807, 2.05) is 6.07 Å². The molecule has 1 aliphatic heterocycles. The number of hydrogen-bond donors (Lipinski definition) is 2. The molecule has 2 N–H and O–H groups in total. The molecule has 6 nitrogen and oxygen atoms in total. The van der Waals surface area contributed by atoms with E-state index >= 15 is 0 Å². The van der Waals surface area contributed by atoms with Gasteiger partial charge in [-0.2, -0.15) is 5.10 Å². The van der Waals surface area contributed by atoms with Crippen LogP contribution in [-0.4, -0.2) is 57.8 Å². The number of hydrogen-bond acceptors (Lipinski definition) is 4. The van der Waals surface area contributed by atoms with Gasteiger partial charge in [-0.3, -0.25) is 5.10 Å². The second-order valence-corrected chi connectivity index (χ2v) is 7.32. The maximum absolute atomic E-state index is 13.4. The number of rotatable bonds is 2. The normalized spacial score (nSPS) is 18.6. The summed E-state index contributed by atoms with van der Waals surface area (Å²) in [6, 6.07) is 11.5. The maximum atomic E-state index is 13.4. The molecular formula is C20H21FN6. The molecular weight excluding hydrogens is 343 g/mol. The summed E-state index contributed by atoms with van der Waals surface area (Å²) in [5.74, 6) is 0.403. The van der Waals surface area contributed by atoms with Gasteiger partial charge in [0.2, 0.25) is 0 Å². The molecule has 1 atom stereocenters. The largest absolute Gasteiger partial charge is 0.369 e. The van der Waals surface area contributed by atoms with E-state index in [0.29, 0.717) is 23.1 Å². The molecule has 0 saturated carbocycles. The van der Waals surface area contributed by atoms with Crippen LogP contribution in [0.25, 0.3) is 33.5 Å². The van der Waals surface area contributed by atoms with E-state index in [-0.39, 0.29) is 5.82 Å². The molecule has 7 heteroatoms. The molecule has 1 aliphatic rings. The molecule has 1 saturated heterocycles. The van der Waals surface area contributed by atoms with Gasteiger partial charge in [-0.1, -0.05) is 0 Å². The van der Waals surface area contributed by atoms with Crippen molar-refractivity contribution < 1.29 is 4.39 Å². The monoisotopic (exact) mass is 364 g/mol. The second-order valence-electron chi connectivity index (χ2n) is 7.32. The molecule has 0 bridgehead atoms. The predicted octanol–water partition coefficient (Wildman–Crippen LogP) is 3.39. The summed E-state index contributed by atoms with van der Waals surface area (Å²) in [7, 11) is 2.17. The van der Waals surface area contributed by atoms with Gasteiger partial charge < -0.3 is 14.8 Å². The van der Waals surface area contributed by atoms with Crippen molar-refractivity contribution in [2.45, 2.75) is 13.0 Å². The third-order valence-electron chi connectivity index (χ3n) is 5.54. The van der Waals surface area contributed by atoms with Gasteiger partial charge in [0.1, 0.15) is 11.5 Å². The highest BCUT2D eigenvalue weighted by Gasteiger charge is 2.21. The van der Waals surface area contributed by atoms with Gasteiger partial charge in [0.25, 0.3) is 0 Å². The van der Waals surface area contributed by atoms with Crippen LogP contribution in [0.4, 0.5) is 10.1 Å². The average Bonchev–Trinajstić information content (AvgIpc) is 3.26. The molecule has 0 spiro atoms. The number of likely N-dealkylation sites (N-methyl/N-ethyl adjacent to an activating group) is 1. The van der Waals surface area contributed by atoms with E-state index in [2.05, 4.69) is 56.1 Å². The second kappa shape index (κ2) is 6.06. The number of anilines is 1. The molecule has 5 rings (SSSR count). The molecule has 4 aromatic rings. The lowest BCUT2D eigenvalue weighted by atomic mass is 10.1. The van der Waals surface area contributed by atoms with Crippen LogP contribution in [0.1, 0.15) is 6.92 Å². The Bertz CT molecular complexity index is 1130. The smallest absolute Gasteiger partial charge is 0.159 e. The SMILES string of the molecule is C[C@H]1CN(c2ccc3nc(-c4n[nH]c5cc(F)ccc45)[nH]c3c2)CCN1C. The summed E-state index contributed by atoms with van der Waals surface area (Å²) in [6.07, 6.45) is 0. The van der Waals surface area contributed by atoms with Crippen molar-refractivity contribution in [2.24, 2.45) is 0 Å². The van der Waals surface area contributed by atoms with Crippen LogP contribution in [-0.2, 0) is 0 Å². The summed E-state index contributed by atoms with van der Waals surface area (Å²) in [6.45, 7) is 5.34. The van der Waals surface area contributed by atoms with Crippen molar-refractivity contribution in [3.63, 3.8) is 0 Å². The standard InChI is InChI=1S/C20H21FN6/c1-12-11-27(8-7-26(12)2)14-4-6-16-18(10-14)23-20(22-16)19-15-5-3-13(21)9-17(15)24-25-19/h3-6,9-10,12H,7-8,11H2,1-2H3,(H,22,23)(H,24,25)/t12-/m0/s1. The van der Waals surface area contributed by atoms with Crippen molar-refractivity contribution in [1.29, 1.82) is 0 Å². The molecule has 138 valence electrons. The van der Waals surface area contributed by atoms with Crippen LogP contribution in [0.2, 0.25) is 0 Å². The van der Waals surface area contributed by atoms with Gasteiger partial charge in [0.15, 0.2) is 5.82 Å². The van der Waals surface area contributed by atoms with Gasteiger partial charge in [0, 0.05) is 36.7 Å². The number of benzene rings is 2. The Morgan fingerprint density at radius 1 is 1.11 bits per heavy atom. The fourth-order valence-electron chi connectivity index (χ4n) is 3.76. The third kappa shape index (κ3) is 2.75. The van der Waals surface area contributed by atoms with Gasteiger partial charge in [-0.05, 0) is 50.4 Å². The molecule has 3 heterocycles. The highest BCUT2D eigenvalue weighted by atomic mass is 19.1. The fraction of sp³-hybridized carbons (Fsp3) is 0.300. The Labute approximate surface area is 156 Å². The minimum Gasteiger partial charge on any atom is -0.369 e. The first-order valence-corrected chi connectivity index (χ1v) is 9.17. The number of imidazole rings is 1. The zero-order valence-electron chi connectivity index (χ0n) is 15.3. The van der Waals surface area contributed by atoms with E-state index in [0.717, 1.165) is 36.1 Å². The van der Waals surface area contributed by atoms with Gasteiger partial charge in [-0.15, -0.1) is 0 Å². The fourth-order valence-corrected chi connectivity index (χ4v) is 3.76. The minimum atomic E-state index is -0.284. The first-order valence-electron chi connectivity index (χ1n) is 9.17. The number of fused-ring (bicyclic) bond motifs is 2. The van der Waals surface area contributed by atoms with E-state index in [4.69, 9.17) is 0 Å². The number of aromatic amines is 2. The highest BCUT2D eigenvalue weighted by Crippen LogP contribution is 2.28. The molecule has 0 aliphatic carbocycles. The minimum absolute atomic E-state index is 0.284. The zero-order chi connectivity index (χ0) is 18.5. The Kier molecular flexibility index (Phi) is 3.65. The maximum Gasteiger partial charge on any atom is 0.159 e. The molecule has 0 unspecified atom stereocenters. The van der Waals surface area contributed by atoms with Gasteiger partial charge in [0.05, 0.1) is 16.6 Å². The zero-order valence-corrected chi connectivity index (χ0v) is 15.3. The summed E-state index contributed by atoms with van der Waals surface area (Å²) in [4.78, 5) is 12.9. The van der Waals surface area contributed by atoms with E-state index in [9.17, 15) is 4.39 Å². The van der Waals surface area contributed by atoms with Crippen LogP contribution in [0.5, 0.6) is 0 Å². The summed E-state index contributed by atoms with van der Waals surface area (Å²) < 4.78 is 13.4. The lowest BCUT2D eigenvalue weighted by Crippen LogP contribution is -2.50. The molecule has 0 amide bonds. The van der Waals surface area contributed by atoms with Crippen LogP contribution in [0, 0.1) is 5.82 Å². The van der Waals surface area contributed by atoms with Crippen LogP contribution < -0.4 is 4.90 Å². The summed E-state index contributed by atoms with van der Waals surface area (Å²) in [5.41, 5.74) is 4.45. The highest BCUT2D eigenvalue weighted by molar-refractivity contribution is 5.93. The number of aromatic nitrogens is 4. The van der Waals surface area contributed by atoms with Crippen molar-refractivity contribution in [1.82, 2.24) is 25.1 Å². The van der Waals surface area contributed by atoms with E-state index in [1.54, 1.807) is 6.07 Å². The average molecular weight is 364 g/mol. The molecule has 27 heavy (non-hydrogen) atoms. The molecule has 2 aromatic heterocycles. The Balaban J connectivity index is 1.52. The first-order chi connectivity index (χ1) is 13.1. The molecule has 2 aromatic carbocycles. The van der Waals surface area contributed by atoms with Crippen molar-refractivity contribution in [3.05, 3.63) is 42.2 Å². The number of H-pyrrole nitrogens is 2. The van der Waals surface area contributed by atoms with E-state index in [1.165, 1.54) is 17.8 Å². The topological polar surface area (TPSA) is 63.8 Å². The van der Waals surface area contributed by atoms with Gasteiger partial charge >= 0.3 is 0 Å².